The van der Waals surface area contributed by atoms with Crippen LogP contribution in [0.2, 0.25) is 0 Å². The van der Waals surface area contributed by atoms with Crippen molar-refractivity contribution in [2.75, 3.05) is 25.1 Å². The molecular formula is C15H18INO2. The predicted octanol–water partition coefficient (Wildman–Crippen LogP) is 3.46. The van der Waals surface area contributed by atoms with E-state index in [2.05, 4.69) is 33.6 Å². The molecule has 2 aliphatic rings. The number of benzene rings is 1. The predicted molar refractivity (Wildman–Crippen MR) is 83.6 cm³/mol. The molecule has 1 aliphatic carbocycles. The van der Waals surface area contributed by atoms with Gasteiger partial charge in [-0.2, -0.15) is 0 Å². The number of methoxy groups -OCH3 is 1. The van der Waals surface area contributed by atoms with E-state index in [1.165, 1.54) is 32.8 Å². The van der Waals surface area contributed by atoms with E-state index in [1.54, 1.807) is 0 Å². The third-order valence-corrected chi connectivity index (χ3v) is 5.16. The fourth-order valence-corrected chi connectivity index (χ4v) is 3.42. The van der Waals surface area contributed by atoms with Gasteiger partial charge in [0.2, 0.25) is 0 Å². The first kappa shape index (κ1) is 13.2. The van der Waals surface area contributed by atoms with Crippen LogP contribution in [0, 0.1) is 8.99 Å². The molecule has 1 aliphatic heterocycles. The van der Waals surface area contributed by atoms with Crippen molar-refractivity contribution in [3.05, 3.63) is 27.3 Å². The minimum absolute atomic E-state index is 0.238. The van der Waals surface area contributed by atoms with Crippen LogP contribution in [0.3, 0.4) is 0 Å². The molecule has 1 saturated heterocycles. The molecule has 3 rings (SSSR count). The first-order valence-electron chi connectivity index (χ1n) is 6.76. The second-order valence-electron chi connectivity index (χ2n) is 5.64. The van der Waals surface area contributed by atoms with Crippen molar-refractivity contribution < 1.29 is 9.53 Å². The zero-order valence-corrected chi connectivity index (χ0v) is 13.3. The van der Waals surface area contributed by atoms with Crippen LogP contribution < -0.4 is 4.90 Å². The summed E-state index contributed by atoms with van der Waals surface area (Å²) >= 11 is 2.29. The van der Waals surface area contributed by atoms with E-state index in [4.69, 9.17) is 4.74 Å². The number of hydrogen-bond donors (Lipinski definition) is 0. The molecule has 1 saturated carbocycles. The normalized spacial score (nSPS) is 20.4. The van der Waals surface area contributed by atoms with Crippen molar-refractivity contribution in [2.24, 2.45) is 5.41 Å². The summed E-state index contributed by atoms with van der Waals surface area (Å²) in [5.41, 5.74) is 2.38. The second kappa shape index (κ2) is 4.96. The maximum absolute atomic E-state index is 11.9. The number of rotatable bonds is 2. The molecule has 1 heterocycles. The third-order valence-electron chi connectivity index (χ3n) is 4.49. The molecule has 1 spiro atoms. The molecule has 0 atom stereocenters. The van der Waals surface area contributed by atoms with Crippen LogP contribution in [-0.4, -0.2) is 26.2 Å². The largest absolute Gasteiger partial charge is 0.465 e. The van der Waals surface area contributed by atoms with Gasteiger partial charge in [-0.3, -0.25) is 0 Å². The van der Waals surface area contributed by atoms with Gasteiger partial charge in [0.15, 0.2) is 0 Å². The number of halogens is 1. The average Bonchev–Trinajstić information content (AvgIpc) is 3.18. The molecule has 3 nitrogen and oxygen atoms in total. The molecule has 1 aromatic rings. The maximum atomic E-state index is 11.9. The van der Waals surface area contributed by atoms with Crippen molar-refractivity contribution in [1.29, 1.82) is 0 Å². The van der Waals surface area contributed by atoms with Crippen LogP contribution in [0.1, 0.15) is 36.0 Å². The van der Waals surface area contributed by atoms with Gasteiger partial charge in [-0.1, -0.05) is 0 Å². The summed E-state index contributed by atoms with van der Waals surface area (Å²) < 4.78 is 6.05. The Morgan fingerprint density at radius 2 is 1.95 bits per heavy atom. The van der Waals surface area contributed by atoms with E-state index in [-0.39, 0.29) is 5.97 Å². The third kappa shape index (κ3) is 2.59. The molecule has 0 radical (unpaired) electrons. The van der Waals surface area contributed by atoms with E-state index >= 15 is 0 Å². The molecule has 0 N–H and O–H groups in total. The number of piperidine rings is 1. The SMILES string of the molecule is COC(=O)c1ccc(I)cc1N1CCC2(CC1)CC2. The highest BCUT2D eigenvalue weighted by atomic mass is 127. The van der Waals surface area contributed by atoms with Crippen molar-refractivity contribution >= 4 is 34.2 Å². The van der Waals surface area contributed by atoms with Crippen LogP contribution in [0.25, 0.3) is 0 Å². The molecule has 4 heteroatoms. The molecule has 2 fully saturated rings. The van der Waals surface area contributed by atoms with Gasteiger partial charge in [-0.05, 0) is 71.9 Å². The van der Waals surface area contributed by atoms with Gasteiger partial charge in [0.05, 0.1) is 18.4 Å². The van der Waals surface area contributed by atoms with Gasteiger partial charge < -0.3 is 9.64 Å². The highest BCUT2D eigenvalue weighted by molar-refractivity contribution is 14.1. The number of carbonyl (C=O) groups excluding carboxylic acids is 1. The van der Waals surface area contributed by atoms with Gasteiger partial charge in [0, 0.05) is 16.7 Å². The van der Waals surface area contributed by atoms with Crippen LogP contribution in [-0.2, 0) is 4.74 Å². The smallest absolute Gasteiger partial charge is 0.339 e. The van der Waals surface area contributed by atoms with Crippen LogP contribution in [0.5, 0.6) is 0 Å². The fourth-order valence-electron chi connectivity index (χ4n) is 2.95. The lowest BCUT2D eigenvalue weighted by molar-refractivity contribution is 0.0601. The number of nitrogens with zero attached hydrogens (tertiary/aromatic N) is 1. The number of esters is 1. The Morgan fingerprint density at radius 3 is 2.53 bits per heavy atom. The zero-order chi connectivity index (χ0) is 13.5. The van der Waals surface area contributed by atoms with E-state index in [1.807, 2.05) is 12.1 Å². The van der Waals surface area contributed by atoms with Crippen molar-refractivity contribution in [2.45, 2.75) is 25.7 Å². The first-order chi connectivity index (χ1) is 9.13. The highest BCUT2D eigenvalue weighted by Crippen LogP contribution is 2.54. The molecule has 0 unspecified atom stereocenters. The van der Waals surface area contributed by atoms with Crippen LogP contribution in [0.15, 0.2) is 18.2 Å². The summed E-state index contributed by atoms with van der Waals surface area (Å²) in [6.07, 6.45) is 5.33. The minimum Gasteiger partial charge on any atom is -0.465 e. The summed E-state index contributed by atoms with van der Waals surface area (Å²) in [5, 5.41) is 0. The molecule has 0 aromatic heterocycles. The zero-order valence-electron chi connectivity index (χ0n) is 11.1. The summed E-state index contributed by atoms with van der Waals surface area (Å²) in [5.74, 6) is -0.238. The van der Waals surface area contributed by atoms with Crippen molar-refractivity contribution in [3.63, 3.8) is 0 Å². The second-order valence-corrected chi connectivity index (χ2v) is 6.89. The van der Waals surface area contributed by atoms with Crippen molar-refractivity contribution in [1.82, 2.24) is 0 Å². The number of carbonyl (C=O) groups is 1. The quantitative estimate of drug-likeness (QED) is 0.589. The Labute approximate surface area is 127 Å². The molecule has 102 valence electrons. The summed E-state index contributed by atoms with van der Waals surface area (Å²) in [4.78, 5) is 14.2. The van der Waals surface area contributed by atoms with E-state index in [0.29, 0.717) is 11.0 Å². The molecule has 19 heavy (non-hydrogen) atoms. The topological polar surface area (TPSA) is 29.5 Å². The van der Waals surface area contributed by atoms with E-state index < -0.39 is 0 Å². The molecule has 1 aromatic carbocycles. The molecule has 0 amide bonds. The van der Waals surface area contributed by atoms with Gasteiger partial charge in [-0.15, -0.1) is 0 Å². The van der Waals surface area contributed by atoms with Crippen LogP contribution in [0.4, 0.5) is 5.69 Å². The summed E-state index contributed by atoms with van der Waals surface area (Å²) in [6.45, 7) is 2.12. The lowest BCUT2D eigenvalue weighted by Gasteiger charge is -2.34. The summed E-state index contributed by atoms with van der Waals surface area (Å²) in [7, 11) is 1.44. The Hall–Kier alpha value is -0.780. The number of hydrogen-bond acceptors (Lipinski definition) is 3. The first-order valence-corrected chi connectivity index (χ1v) is 7.84. The summed E-state index contributed by atoms with van der Waals surface area (Å²) in [6, 6.07) is 5.94. The van der Waals surface area contributed by atoms with E-state index in [0.717, 1.165) is 22.3 Å². The van der Waals surface area contributed by atoms with Gasteiger partial charge in [-0.25, -0.2) is 4.79 Å². The Kier molecular flexibility index (Phi) is 3.45. The monoisotopic (exact) mass is 371 g/mol. The Bertz CT molecular complexity index is 501. The minimum atomic E-state index is -0.238. The number of anilines is 1. The Morgan fingerprint density at radius 1 is 1.26 bits per heavy atom. The highest BCUT2D eigenvalue weighted by Gasteiger charge is 2.44. The van der Waals surface area contributed by atoms with Crippen molar-refractivity contribution in [3.8, 4) is 0 Å². The van der Waals surface area contributed by atoms with E-state index in [9.17, 15) is 4.79 Å². The lowest BCUT2D eigenvalue weighted by atomic mass is 9.93. The van der Waals surface area contributed by atoms with Gasteiger partial charge in [0.1, 0.15) is 0 Å². The van der Waals surface area contributed by atoms with Gasteiger partial charge >= 0.3 is 5.97 Å². The maximum Gasteiger partial charge on any atom is 0.339 e. The fraction of sp³-hybridized carbons (Fsp3) is 0.533. The Balaban J connectivity index is 1.86. The molecule has 0 bridgehead atoms. The van der Waals surface area contributed by atoms with Crippen LogP contribution >= 0.6 is 22.6 Å². The standard InChI is InChI=1S/C15H18INO2/c1-19-14(18)12-3-2-11(16)10-13(12)17-8-6-15(4-5-15)7-9-17/h2-3,10H,4-9H2,1H3. The van der Waals surface area contributed by atoms with Gasteiger partial charge in [0.25, 0.3) is 0 Å². The molecular weight excluding hydrogens is 353 g/mol. The lowest BCUT2D eigenvalue weighted by Crippen LogP contribution is -2.35. The number of ether oxygens (including phenoxy) is 1. The average molecular weight is 371 g/mol.